The van der Waals surface area contributed by atoms with Crippen LogP contribution in [0.4, 0.5) is 0 Å². The molecule has 1 aliphatic heterocycles. The Hall–Kier alpha value is -0.875. The highest BCUT2D eigenvalue weighted by molar-refractivity contribution is 6.40. The molecule has 1 heterocycles. The van der Waals surface area contributed by atoms with Crippen LogP contribution < -0.4 is 5.73 Å². The van der Waals surface area contributed by atoms with Gasteiger partial charge in [-0.2, -0.15) is 0 Å². The summed E-state index contributed by atoms with van der Waals surface area (Å²) in [6, 6.07) is 8.64. The van der Waals surface area contributed by atoms with Gasteiger partial charge in [-0.1, -0.05) is 44.0 Å². The summed E-state index contributed by atoms with van der Waals surface area (Å²) in [6.07, 6.45) is 5.01. The summed E-state index contributed by atoms with van der Waals surface area (Å²) < 4.78 is 0. The lowest BCUT2D eigenvalue weighted by atomic mass is 9.69. The average Bonchev–Trinajstić information content (AvgIpc) is 2.96. The number of benzene rings is 1. The van der Waals surface area contributed by atoms with Crippen LogP contribution in [-0.2, 0) is 13.1 Å². The molecule has 4 atom stereocenters. The third-order valence-electron chi connectivity index (χ3n) is 5.90. The molecule has 0 amide bonds. The minimum Gasteiger partial charge on any atom is -0.427 e. The van der Waals surface area contributed by atoms with Gasteiger partial charge in [-0.05, 0) is 48.0 Å². The van der Waals surface area contributed by atoms with Crippen LogP contribution in [0.1, 0.15) is 43.7 Å². The van der Waals surface area contributed by atoms with Crippen molar-refractivity contribution < 1.29 is 10.0 Å². The highest BCUT2D eigenvalue weighted by Gasteiger charge is 2.35. The molecule has 0 radical (unpaired) electrons. The van der Waals surface area contributed by atoms with E-state index < -0.39 is 7.12 Å². The lowest BCUT2D eigenvalue weighted by Gasteiger charge is -2.40. The van der Waals surface area contributed by atoms with Crippen molar-refractivity contribution in [1.29, 1.82) is 0 Å². The lowest BCUT2D eigenvalue weighted by Crippen LogP contribution is -2.48. The maximum atomic E-state index is 9.05. The Morgan fingerprint density at radius 2 is 1.87 bits per heavy atom. The van der Waals surface area contributed by atoms with Crippen molar-refractivity contribution in [2.45, 2.75) is 58.2 Å². The lowest BCUT2D eigenvalue weighted by molar-refractivity contribution is 0.0685. The molecule has 1 saturated carbocycles. The summed E-state index contributed by atoms with van der Waals surface area (Å²) in [5, 5.41) is 18.1. The molecule has 1 aliphatic carbocycles. The fourth-order valence-electron chi connectivity index (χ4n) is 4.53. The third kappa shape index (κ3) is 3.97. The van der Waals surface area contributed by atoms with E-state index in [0.29, 0.717) is 24.1 Å². The smallest absolute Gasteiger partial charge is 0.427 e. The van der Waals surface area contributed by atoms with Crippen molar-refractivity contribution >= 4 is 7.12 Å². The van der Waals surface area contributed by atoms with Gasteiger partial charge in [0.1, 0.15) is 0 Å². The van der Waals surface area contributed by atoms with Crippen LogP contribution in [0.5, 0.6) is 0 Å². The summed E-state index contributed by atoms with van der Waals surface area (Å²) in [4.78, 5) is 2.42. The van der Waals surface area contributed by atoms with Crippen LogP contribution in [0.25, 0.3) is 0 Å². The van der Waals surface area contributed by atoms with Crippen molar-refractivity contribution in [2.24, 2.45) is 23.5 Å². The molecule has 0 aromatic heterocycles. The van der Waals surface area contributed by atoms with Crippen molar-refractivity contribution in [3.05, 3.63) is 35.4 Å². The number of hydrogen-bond acceptors (Lipinski definition) is 4. The van der Waals surface area contributed by atoms with E-state index in [1.165, 1.54) is 11.1 Å². The summed E-state index contributed by atoms with van der Waals surface area (Å²) in [7, 11) is -1.16. The Morgan fingerprint density at radius 3 is 2.43 bits per heavy atom. The molecule has 0 spiro atoms. The van der Waals surface area contributed by atoms with Crippen LogP contribution in [-0.4, -0.2) is 28.2 Å². The van der Waals surface area contributed by atoms with E-state index in [1.807, 2.05) is 0 Å². The first kappa shape index (κ1) is 17.0. The molecule has 1 fully saturated rings. The van der Waals surface area contributed by atoms with Crippen LogP contribution in [0.15, 0.2) is 24.3 Å². The van der Waals surface area contributed by atoms with Crippen molar-refractivity contribution in [3.63, 3.8) is 0 Å². The second-order valence-electron chi connectivity index (χ2n) is 7.54. The molecule has 1 aromatic rings. The van der Waals surface area contributed by atoms with Crippen LogP contribution in [0.3, 0.4) is 0 Å². The van der Waals surface area contributed by atoms with Crippen LogP contribution in [0, 0.1) is 17.8 Å². The van der Waals surface area contributed by atoms with E-state index in [0.717, 1.165) is 38.8 Å². The van der Waals surface area contributed by atoms with E-state index in [2.05, 4.69) is 36.1 Å². The fraction of sp³-hybridized carbons (Fsp3) is 0.667. The number of nitrogens with zero attached hydrogens (tertiary/aromatic N) is 1. The predicted molar refractivity (Wildman–Crippen MR) is 93.3 cm³/mol. The molecule has 4 N–H and O–H groups in total. The van der Waals surface area contributed by atoms with E-state index >= 15 is 0 Å². The van der Waals surface area contributed by atoms with Crippen LogP contribution >= 0.6 is 0 Å². The maximum absolute atomic E-state index is 9.05. The van der Waals surface area contributed by atoms with Gasteiger partial charge in [-0.25, -0.2) is 0 Å². The average molecular weight is 316 g/mol. The highest BCUT2D eigenvalue weighted by Crippen LogP contribution is 2.39. The number of rotatable bonds is 5. The molecule has 0 saturated heterocycles. The molecule has 3 rings (SSSR count). The van der Waals surface area contributed by atoms with Gasteiger partial charge < -0.3 is 15.8 Å². The molecule has 4 nitrogen and oxygen atoms in total. The summed E-state index contributed by atoms with van der Waals surface area (Å²) in [5.41, 5.74) is 9.47. The summed E-state index contributed by atoms with van der Waals surface area (Å²) in [5.74, 6) is 1.76. The van der Waals surface area contributed by atoms with Crippen LogP contribution in [0.2, 0.25) is 6.32 Å². The molecule has 1 aromatic carbocycles. The quantitative estimate of drug-likeness (QED) is 0.729. The van der Waals surface area contributed by atoms with Gasteiger partial charge in [0.15, 0.2) is 0 Å². The number of fused-ring (bicyclic) bond motifs is 1. The largest absolute Gasteiger partial charge is 0.451 e. The minimum atomic E-state index is -1.16. The standard InChI is InChI=1S/C18H29BN2O2/c1-13-10-14(8-9-19(22)23)6-7-17(13)18(20)21-11-15-4-2-3-5-16(15)12-21/h2-5,13-14,17-18,22-23H,6-12,20H2,1H3/t13-,14-,17?,18?/m0/s1. The normalized spacial score (nSPS) is 29.3. The van der Waals surface area contributed by atoms with Gasteiger partial charge in [-0.3, -0.25) is 4.90 Å². The van der Waals surface area contributed by atoms with Crippen molar-refractivity contribution in [1.82, 2.24) is 4.90 Å². The number of hydrogen-bond donors (Lipinski definition) is 3. The molecule has 126 valence electrons. The van der Waals surface area contributed by atoms with Gasteiger partial charge >= 0.3 is 7.12 Å². The van der Waals surface area contributed by atoms with Gasteiger partial charge in [0, 0.05) is 13.1 Å². The third-order valence-corrected chi connectivity index (χ3v) is 5.90. The fourth-order valence-corrected chi connectivity index (χ4v) is 4.53. The Kier molecular flexibility index (Phi) is 5.42. The summed E-state index contributed by atoms with van der Waals surface area (Å²) in [6.45, 7) is 4.26. The second kappa shape index (κ2) is 7.35. The first-order valence-electron chi connectivity index (χ1n) is 8.97. The van der Waals surface area contributed by atoms with E-state index in [9.17, 15) is 0 Å². The zero-order valence-electron chi connectivity index (χ0n) is 14.1. The van der Waals surface area contributed by atoms with Crippen molar-refractivity contribution in [3.8, 4) is 0 Å². The first-order chi connectivity index (χ1) is 11.0. The maximum Gasteiger partial charge on any atom is 0.451 e. The second-order valence-corrected chi connectivity index (χ2v) is 7.54. The SMILES string of the molecule is C[C@H]1C[C@H](CCB(O)O)CCC1C(N)N1Cc2ccccc2C1. The highest BCUT2D eigenvalue weighted by atomic mass is 16.4. The summed E-state index contributed by atoms with van der Waals surface area (Å²) >= 11 is 0. The topological polar surface area (TPSA) is 69.7 Å². The number of nitrogens with two attached hydrogens (primary N) is 1. The molecule has 0 bridgehead atoms. The van der Waals surface area contributed by atoms with E-state index in [-0.39, 0.29) is 6.17 Å². The Morgan fingerprint density at radius 1 is 1.22 bits per heavy atom. The Bertz CT molecular complexity index is 500. The van der Waals surface area contributed by atoms with E-state index in [1.54, 1.807) is 0 Å². The van der Waals surface area contributed by atoms with Gasteiger partial charge in [-0.15, -0.1) is 0 Å². The van der Waals surface area contributed by atoms with Crippen molar-refractivity contribution in [2.75, 3.05) is 0 Å². The molecular weight excluding hydrogens is 287 g/mol. The molecule has 23 heavy (non-hydrogen) atoms. The van der Waals surface area contributed by atoms with Gasteiger partial charge in [0.25, 0.3) is 0 Å². The first-order valence-corrected chi connectivity index (χ1v) is 8.97. The van der Waals surface area contributed by atoms with Gasteiger partial charge in [0.2, 0.25) is 0 Å². The zero-order valence-corrected chi connectivity index (χ0v) is 14.1. The molecule has 5 heteroatoms. The predicted octanol–water partition coefficient (Wildman–Crippen LogP) is 2.20. The van der Waals surface area contributed by atoms with Gasteiger partial charge in [0.05, 0.1) is 6.17 Å². The molecular formula is C18H29BN2O2. The zero-order chi connectivity index (χ0) is 16.4. The Balaban J connectivity index is 1.54. The monoisotopic (exact) mass is 316 g/mol. The molecule has 2 aliphatic rings. The molecule has 2 unspecified atom stereocenters. The minimum absolute atomic E-state index is 0.127. The van der Waals surface area contributed by atoms with E-state index in [4.69, 9.17) is 15.8 Å². The Labute approximate surface area is 139 Å².